The molecule has 0 fully saturated rings. The van der Waals surface area contributed by atoms with Crippen molar-refractivity contribution in [3.8, 4) is 5.69 Å². The fraction of sp³-hybridized carbons (Fsp3) is 0.240. The van der Waals surface area contributed by atoms with Crippen molar-refractivity contribution in [3.63, 3.8) is 0 Å². The normalized spacial score (nSPS) is 15.4. The predicted octanol–water partition coefficient (Wildman–Crippen LogP) is 5.61. The highest BCUT2D eigenvalue weighted by Crippen LogP contribution is 2.33. The Balaban J connectivity index is 1.53. The first-order chi connectivity index (χ1) is 15.0. The van der Waals surface area contributed by atoms with E-state index in [4.69, 9.17) is 11.6 Å². The number of hydrogen-bond donors (Lipinski definition) is 1. The molecule has 0 radical (unpaired) electrons. The van der Waals surface area contributed by atoms with Crippen LogP contribution in [-0.2, 0) is 6.42 Å². The Hall–Kier alpha value is -3.18. The molecule has 1 aliphatic carbocycles. The van der Waals surface area contributed by atoms with Gasteiger partial charge in [0.1, 0.15) is 5.52 Å². The monoisotopic (exact) mass is 430 g/mol. The van der Waals surface area contributed by atoms with E-state index in [9.17, 15) is 4.79 Å². The Bertz CT molecular complexity index is 1280. The Kier molecular flexibility index (Phi) is 4.98. The van der Waals surface area contributed by atoms with Gasteiger partial charge in [-0.2, -0.15) is 0 Å². The number of halogens is 1. The molecule has 0 bridgehead atoms. The van der Waals surface area contributed by atoms with Crippen LogP contribution >= 0.6 is 11.6 Å². The van der Waals surface area contributed by atoms with Crippen LogP contribution in [0.5, 0.6) is 0 Å². The number of aromatic nitrogens is 3. The summed E-state index contributed by atoms with van der Waals surface area (Å²) in [6.07, 6.45) is 1.92. The second kappa shape index (κ2) is 7.82. The largest absolute Gasteiger partial charge is 0.345 e. The van der Waals surface area contributed by atoms with Crippen LogP contribution in [0.2, 0.25) is 5.02 Å². The molecule has 3 aromatic carbocycles. The number of rotatable bonds is 4. The molecular formula is C25H23ClN4O. The third-order valence-corrected chi connectivity index (χ3v) is 6.24. The van der Waals surface area contributed by atoms with E-state index in [1.54, 1.807) is 4.68 Å². The van der Waals surface area contributed by atoms with Crippen molar-refractivity contribution >= 4 is 28.5 Å². The molecule has 1 N–H and O–H groups in total. The Morgan fingerprint density at radius 1 is 1.10 bits per heavy atom. The van der Waals surface area contributed by atoms with E-state index in [1.807, 2.05) is 42.5 Å². The summed E-state index contributed by atoms with van der Waals surface area (Å²) in [4.78, 5) is 13.3. The predicted molar refractivity (Wildman–Crippen MR) is 123 cm³/mol. The Morgan fingerprint density at radius 2 is 1.87 bits per heavy atom. The average molecular weight is 431 g/mol. The topological polar surface area (TPSA) is 59.8 Å². The van der Waals surface area contributed by atoms with Crippen LogP contribution in [0.15, 0.2) is 60.7 Å². The molecule has 5 nitrogen and oxygen atoms in total. The molecule has 31 heavy (non-hydrogen) atoms. The summed E-state index contributed by atoms with van der Waals surface area (Å²) in [5.41, 5.74) is 6.62. The van der Waals surface area contributed by atoms with Crippen LogP contribution in [0.1, 0.15) is 59.3 Å². The van der Waals surface area contributed by atoms with Gasteiger partial charge in [-0.15, -0.1) is 5.10 Å². The number of amides is 1. The highest BCUT2D eigenvalue weighted by molar-refractivity contribution is 6.30. The minimum absolute atomic E-state index is 0.0455. The smallest absolute Gasteiger partial charge is 0.252 e. The van der Waals surface area contributed by atoms with Crippen LogP contribution in [0.4, 0.5) is 0 Å². The molecule has 0 unspecified atom stereocenters. The third kappa shape index (κ3) is 3.49. The molecule has 0 saturated heterocycles. The van der Waals surface area contributed by atoms with Crippen molar-refractivity contribution in [3.05, 3.63) is 87.9 Å². The van der Waals surface area contributed by atoms with Gasteiger partial charge in [0.25, 0.3) is 5.91 Å². The lowest BCUT2D eigenvalue weighted by molar-refractivity contribution is 0.0935. The molecular weight excluding hydrogens is 408 g/mol. The van der Waals surface area contributed by atoms with Crippen LogP contribution in [0.25, 0.3) is 16.7 Å². The van der Waals surface area contributed by atoms with E-state index in [0.717, 1.165) is 35.1 Å². The Labute approximate surface area is 186 Å². The van der Waals surface area contributed by atoms with Crippen molar-refractivity contribution in [1.82, 2.24) is 20.3 Å². The molecule has 1 amide bonds. The maximum atomic E-state index is 13.3. The quantitative estimate of drug-likeness (QED) is 0.457. The van der Waals surface area contributed by atoms with Crippen molar-refractivity contribution in [2.75, 3.05) is 0 Å². The first-order valence-corrected chi connectivity index (χ1v) is 10.9. The molecule has 0 spiro atoms. The van der Waals surface area contributed by atoms with Crippen LogP contribution in [0, 0.1) is 0 Å². The minimum Gasteiger partial charge on any atom is -0.345 e. The summed E-state index contributed by atoms with van der Waals surface area (Å²) in [6, 6.07) is 19.7. The zero-order chi connectivity index (χ0) is 21.5. The number of carbonyl (C=O) groups excluding carboxylic acids is 1. The second-order valence-electron chi connectivity index (χ2n) is 8.29. The second-order valence-corrected chi connectivity index (χ2v) is 8.73. The number of carbonyl (C=O) groups is 1. The molecule has 1 aromatic heterocycles. The van der Waals surface area contributed by atoms with Gasteiger partial charge in [0.05, 0.1) is 17.2 Å². The highest BCUT2D eigenvalue weighted by atomic mass is 35.5. The molecule has 6 heteroatoms. The number of aryl methyl sites for hydroxylation is 1. The summed E-state index contributed by atoms with van der Waals surface area (Å²) in [5.74, 6) is 0.0593. The average Bonchev–Trinajstić information content (AvgIpc) is 3.38. The lowest BCUT2D eigenvalue weighted by Crippen LogP contribution is -2.28. The number of nitrogens with one attached hydrogen (secondary N) is 1. The van der Waals surface area contributed by atoms with E-state index in [2.05, 4.69) is 47.7 Å². The van der Waals surface area contributed by atoms with Gasteiger partial charge in [0.2, 0.25) is 0 Å². The van der Waals surface area contributed by atoms with Gasteiger partial charge in [-0.3, -0.25) is 4.79 Å². The molecule has 1 aliphatic rings. The zero-order valence-electron chi connectivity index (χ0n) is 17.5. The van der Waals surface area contributed by atoms with Gasteiger partial charge < -0.3 is 5.32 Å². The van der Waals surface area contributed by atoms with E-state index >= 15 is 0 Å². The molecule has 0 aliphatic heterocycles. The lowest BCUT2D eigenvalue weighted by Gasteiger charge is -2.18. The molecule has 1 heterocycles. The summed E-state index contributed by atoms with van der Waals surface area (Å²) in [5, 5.41) is 12.7. The van der Waals surface area contributed by atoms with E-state index < -0.39 is 0 Å². The number of nitrogens with zero attached hydrogens (tertiary/aromatic N) is 3. The van der Waals surface area contributed by atoms with E-state index in [0.29, 0.717) is 10.6 Å². The fourth-order valence-corrected chi connectivity index (χ4v) is 4.63. The maximum absolute atomic E-state index is 13.3. The molecule has 1 atom stereocenters. The van der Waals surface area contributed by atoms with Gasteiger partial charge in [-0.05, 0) is 71.8 Å². The van der Waals surface area contributed by atoms with Crippen molar-refractivity contribution in [2.45, 2.75) is 38.6 Å². The molecule has 156 valence electrons. The van der Waals surface area contributed by atoms with Gasteiger partial charge in [0.15, 0.2) is 0 Å². The van der Waals surface area contributed by atoms with Crippen LogP contribution in [0.3, 0.4) is 0 Å². The van der Waals surface area contributed by atoms with E-state index in [-0.39, 0.29) is 17.9 Å². The summed E-state index contributed by atoms with van der Waals surface area (Å²) in [6.45, 7) is 4.16. The summed E-state index contributed by atoms with van der Waals surface area (Å²) >= 11 is 6.03. The van der Waals surface area contributed by atoms with Gasteiger partial charge in [-0.25, -0.2) is 4.68 Å². The lowest BCUT2D eigenvalue weighted by atomic mass is 9.94. The maximum Gasteiger partial charge on any atom is 0.252 e. The molecule has 0 saturated carbocycles. The number of hydrogen-bond acceptors (Lipinski definition) is 3. The number of fused-ring (bicyclic) bond motifs is 2. The summed E-state index contributed by atoms with van der Waals surface area (Å²) < 4.78 is 1.78. The molecule has 4 aromatic rings. The minimum atomic E-state index is -0.0617. The zero-order valence-corrected chi connectivity index (χ0v) is 18.2. The number of benzene rings is 3. The van der Waals surface area contributed by atoms with Crippen molar-refractivity contribution in [2.24, 2.45) is 0 Å². The van der Waals surface area contributed by atoms with Crippen molar-refractivity contribution in [1.29, 1.82) is 0 Å². The summed E-state index contributed by atoms with van der Waals surface area (Å²) in [7, 11) is 0. The highest BCUT2D eigenvalue weighted by Gasteiger charge is 2.26. The van der Waals surface area contributed by atoms with Crippen molar-refractivity contribution < 1.29 is 4.79 Å². The van der Waals surface area contributed by atoms with Crippen LogP contribution in [-0.4, -0.2) is 20.9 Å². The molecule has 5 rings (SSSR count). The first kappa shape index (κ1) is 19.8. The van der Waals surface area contributed by atoms with Crippen LogP contribution < -0.4 is 5.32 Å². The van der Waals surface area contributed by atoms with Gasteiger partial charge in [-0.1, -0.05) is 54.9 Å². The standard InChI is InChI=1S/C25H23ClN4O/c1-15(2)23-20(25(31)27-21-13-7-16-5-3-4-6-19(16)21)12-14-22-24(23)28-29-30(22)18-10-8-17(26)9-11-18/h3-6,8-12,14-15,21H,7,13H2,1-2H3,(H,27,31)/t21-/m0/s1. The SMILES string of the molecule is CC(C)c1c(C(=O)N[C@H]2CCc3ccccc32)ccc2c1nnn2-c1ccc(Cl)cc1. The van der Waals surface area contributed by atoms with Gasteiger partial charge in [0, 0.05) is 10.6 Å². The van der Waals surface area contributed by atoms with E-state index in [1.165, 1.54) is 11.1 Å². The third-order valence-electron chi connectivity index (χ3n) is 5.99. The van der Waals surface area contributed by atoms with Gasteiger partial charge >= 0.3 is 0 Å². The Morgan fingerprint density at radius 3 is 2.65 bits per heavy atom. The fourth-order valence-electron chi connectivity index (χ4n) is 4.51. The first-order valence-electron chi connectivity index (χ1n) is 10.6.